The number of halogens is 19. The first kappa shape index (κ1) is 27.9. The van der Waals surface area contributed by atoms with Gasteiger partial charge in [0.2, 0.25) is 0 Å². The van der Waals surface area contributed by atoms with Crippen LogP contribution in [0.1, 0.15) is 0 Å². The molecule has 0 amide bonds. The van der Waals surface area contributed by atoms with Crippen LogP contribution in [0.15, 0.2) is 0 Å². The molecule has 0 saturated heterocycles. The molecule has 0 saturated carbocycles. The second kappa shape index (κ2) is 6.45. The Kier molecular flexibility index (Phi) is 6.20. The third-order valence-corrected chi connectivity index (χ3v) is 4.99. The molecule has 0 N–H and O–H groups in total. The van der Waals surface area contributed by atoms with Gasteiger partial charge in [-0.25, -0.2) is 0 Å². The number of rotatable bonds is 6. The van der Waals surface area contributed by atoms with E-state index in [1.54, 1.807) is 0 Å². The van der Waals surface area contributed by atoms with E-state index in [0.717, 1.165) is 0 Å². The van der Waals surface area contributed by atoms with Crippen molar-refractivity contribution < 1.29 is 87.8 Å². The first-order chi connectivity index (χ1) is 12.0. The summed E-state index contributed by atoms with van der Waals surface area (Å²) in [7, 11) is -10.3. The first-order valence-corrected chi connectivity index (χ1v) is 7.30. The Hall–Kier alpha value is -1.10. The molecule has 0 aromatic heterocycles. The molecule has 1 nitrogen and oxygen atoms in total. The molecule has 0 rings (SSSR count). The molecule has 29 heavy (non-hydrogen) atoms. The molecule has 0 unspecified atom stereocenters. The average Bonchev–Trinajstić information content (AvgIpc) is 2.43. The van der Waals surface area contributed by atoms with Gasteiger partial charge in [0, 0.05) is 0 Å². The summed E-state index contributed by atoms with van der Waals surface area (Å²) in [6.45, 7) is 0. The van der Waals surface area contributed by atoms with E-state index in [-0.39, 0.29) is 0 Å². The van der Waals surface area contributed by atoms with Crippen LogP contribution in [0.4, 0.5) is 83.2 Å². The van der Waals surface area contributed by atoms with Gasteiger partial charge >= 0.3 is 54.8 Å². The van der Waals surface area contributed by atoms with Crippen LogP contribution < -0.4 is 0 Å². The van der Waals surface area contributed by atoms with Gasteiger partial charge in [-0.2, -0.15) is 83.2 Å². The van der Waals surface area contributed by atoms with Gasteiger partial charge in [-0.05, 0) is 0 Å². The summed E-state index contributed by atoms with van der Waals surface area (Å²) < 4.78 is 247. The van der Waals surface area contributed by atoms with Gasteiger partial charge in [0.15, 0.2) is 0 Å². The van der Waals surface area contributed by atoms with Crippen molar-refractivity contribution in [3.63, 3.8) is 0 Å². The molecule has 0 atom stereocenters. The van der Waals surface area contributed by atoms with Crippen LogP contribution in [-0.4, -0.2) is 47.4 Å². The summed E-state index contributed by atoms with van der Waals surface area (Å²) in [5.74, 6) is -33.9. The molecule has 0 fully saturated rings. The predicted octanol–water partition coefficient (Wildman–Crippen LogP) is 7.09. The maximum Gasteiger partial charge on any atom is 0.460 e. The standard InChI is InChI=1S/C8F19OP/c9-1(10,5(17,18)19)3(13,14)7(23,24)29(27,28)8(25,26)4(15,16)2(11,12)6(20,21)22. The highest BCUT2D eigenvalue weighted by atomic mass is 31.2. The highest BCUT2D eigenvalue weighted by molar-refractivity contribution is 7.61. The van der Waals surface area contributed by atoms with Crippen LogP contribution in [0.3, 0.4) is 0 Å². The van der Waals surface area contributed by atoms with E-state index in [2.05, 4.69) is 0 Å². The summed E-state index contributed by atoms with van der Waals surface area (Å²) in [5.41, 5.74) is -17.5. The molecule has 0 aromatic rings. The Morgan fingerprint density at radius 3 is 0.690 bits per heavy atom. The van der Waals surface area contributed by atoms with E-state index < -0.39 is 54.8 Å². The molecule has 0 aromatic carbocycles. The molecule has 21 heteroatoms. The normalized spacial score (nSPS) is 16.9. The summed E-state index contributed by atoms with van der Waals surface area (Å²) in [6, 6.07) is 0. The highest BCUT2D eigenvalue weighted by Gasteiger charge is 2.95. The lowest BCUT2D eigenvalue weighted by molar-refractivity contribution is -0.391. The topological polar surface area (TPSA) is 17.1 Å². The van der Waals surface area contributed by atoms with Gasteiger partial charge in [-0.3, -0.25) is 4.57 Å². The second-order valence-corrected chi connectivity index (χ2v) is 7.10. The Balaban J connectivity index is 6.87. The zero-order valence-corrected chi connectivity index (χ0v) is 12.9. The van der Waals surface area contributed by atoms with Crippen molar-refractivity contribution in [1.29, 1.82) is 0 Å². The zero-order valence-electron chi connectivity index (χ0n) is 12.0. The second-order valence-electron chi connectivity index (χ2n) is 4.91. The maximum atomic E-state index is 13.2. The van der Waals surface area contributed by atoms with Crippen molar-refractivity contribution in [2.45, 2.75) is 47.4 Å². The molecule has 0 radical (unpaired) electrons. The molecule has 0 aliphatic rings. The van der Waals surface area contributed by atoms with Crippen LogP contribution in [0.25, 0.3) is 0 Å². The van der Waals surface area contributed by atoms with Crippen LogP contribution in [0.5, 0.6) is 0 Å². The van der Waals surface area contributed by atoms with Gasteiger partial charge in [0.05, 0.1) is 0 Å². The average molecular weight is 504 g/mol. The van der Waals surface area contributed by atoms with Crippen molar-refractivity contribution in [2.75, 3.05) is 0 Å². The Labute approximate surface area is 144 Å². The van der Waals surface area contributed by atoms with Crippen molar-refractivity contribution in [2.24, 2.45) is 0 Å². The van der Waals surface area contributed by atoms with Gasteiger partial charge in [-0.1, -0.05) is 0 Å². The molecule has 0 bridgehead atoms. The lowest BCUT2D eigenvalue weighted by Gasteiger charge is -2.39. The van der Waals surface area contributed by atoms with Crippen molar-refractivity contribution in [3.8, 4) is 0 Å². The maximum absolute atomic E-state index is 13.2. The molecule has 0 aliphatic heterocycles. The number of hydrogen-bond donors (Lipinski definition) is 0. The fourth-order valence-corrected chi connectivity index (χ4v) is 2.63. The summed E-state index contributed by atoms with van der Waals surface area (Å²) in [5, 5.41) is 0. The summed E-state index contributed by atoms with van der Waals surface area (Å²) >= 11 is 0. The van der Waals surface area contributed by atoms with Crippen molar-refractivity contribution >= 4 is 7.45 Å². The predicted molar refractivity (Wildman–Crippen MR) is 50.5 cm³/mol. The lowest BCUT2D eigenvalue weighted by atomic mass is 10.1. The Bertz CT molecular complexity index is 613. The van der Waals surface area contributed by atoms with Crippen LogP contribution in [0.2, 0.25) is 0 Å². The monoisotopic (exact) mass is 504 g/mol. The molecule has 0 aliphatic carbocycles. The van der Waals surface area contributed by atoms with E-state index in [0.29, 0.717) is 0 Å². The highest BCUT2D eigenvalue weighted by Crippen LogP contribution is 2.81. The fraction of sp³-hybridized carbons (Fsp3) is 1.00. The summed E-state index contributed by atoms with van der Waals surface area (Å²) in [4.78, 5) is 0. The molecule has 176 valence electrons. The molecule has 0 heterocycles. The molecule has 0 spiro atoms. The van der Waals surface area contributed by atoms with Crippen LogP contribution >= 0.6 is 7.45 Å². The summed E-state index contributed by atoms with van der Waals surface area (Å²) in [6.07, 6.45) is -15.8. The van der Waals surface area contributed by atoms with Crippen molar-refractivity contribution in [3.05, 3.63) is 0 Å². The Morgan fingerprint density at radius 2 is 0.552 bits per heavy atom. The molecular formula is C8F19OP. The van der Waals surface area contributed by atoms with Gasteiger partial charge in [-0.15, -0.1) is 0 Å². The minimum atomic E-state index is -10.3. The van der Waals surface area contributed by atoms with Gasteiger partial charge in [0.25, 0.3) is 0 Å². The van der Waals surface area contributed by atoms with Gasteiger partial charge in [0.1, 0.15) is 0 Å². The zero-order chi connectivity index (χ0) is 24.5. The number of alkyl halides is 18. The van der Waals surface area contributed by atoms with Gasteiger partial charge < -0.3 is 0 Å². The Morgan fingerprint density at radius 1 is 0.379 bits per heavy atom. The van der Waals surface area contributed by atoms with Crippen LogP contribution in [0, 0.1) is 0 Å². The third-order valence-electron chi connectivity index (χ3n) is 2.98. The van der Waals surface area contributed by atoms with E-state index in [9.17, 15) is 87.8 Å². The fourth-order valence-electron chi connectivity index (χ4n) is 1.27. The van der Waals surface area contributed by atoms with E-state index >= 15 is 0 Å². The first-order valence-electron chi connectivity index (χ1n) is 5.70. The van der Waals surface area contributed by atoms with E-state index in [1.165, 1.54) is 0 Å². The molecular weight excluding hydrogens is 504 g/mol. The third kappa shape index (κ3) is 3.32. The minimum absolute atomic E-state index is 7.88. The largest absolute Gasteiger partial charge is 0.460 e. The lowest BCUT2D eigenvalue weighted by Crippen LogP contribution is -2.65. The minimum Gasteiger partial charge on any atom is -0.274 e. The van der Waals surface area contributed by atoms with E-state index in [4.69, 9.17) is 0 Å². The van der Waals surface area contributed by atoms with Crippen LogP contribution in [-0.2, 0) is 4.57 Å². The SMILES string of the molecule is O=P(F)(C(F)(F)C(F)(F)C(F)(F)C(F)(F)F)C(F)(F)C(F)(F)C(F)(F)C(F)(F)F. The number of hydrogen-bond acceptors (Lipinski definition) is 1. The van der Waals surface area contributed by atoms with E-state index in [1.807, 2.05) is 0 Å². The van der Waals surface area contributed by atoms with Crippen molar-refractivity contribution in [1.82, 2.24) is 0 Å². The smallest absolute Gasteiger partial charge is 0.274 e. The quantitative estimate of drug-likeness (QED) is 0.279.